The lowest BCUT2D eigenvalue weighted by Gasteiger charge is -2.58. The number of carbonyl (C=O) groups excluding carboxylic acids is 1. The summed E-state index contributed by atoms with van der Waals surface area (Å²) in [4.78, 5) is 12.2. The molecule has 0 aliphatic heterocycles. The fraction of sp³-hybridized carbons (Fsp3) is 0.850. The normalized spacial score (nSPS) is 59.0. The second-order valence-electron chi connectivity index (χ2n) is 9.36. The number of fused-ring (bicyclic) bond motifs is 7. The first-order valence-electron chi connectivity index (χ1n) is 9.39. The predicted octanol–water partition coefficient (Wildman–Crippen LogP) is 3.74. The van der Waals surface area contributed by atoms with Crippen LogP contribution >= 0.6 is 0 Å². The van der Waals surface area contributed by atoms with Gasteiger partial charge in [0.1, 0.15) is 0 Å². The van der Waals surface area contributed by atoms with Gasteiger partial charge in [-0.3, -0.25) is 4.79 Å². The second-order valence-corrected chi connectivity index (χ2v) is 9.36. The molecule has 0 bridgehead atoms. The maximum atomic E-state index is 12.2. The highest BCUT2D eigenvalue weighted by atomic mass is 16.3. The number of aliphatic hydroxyl groups is 1. The van der Waals surface area contributed by atoms with E-state index in [0.29, 0.717) is 23.0 Å². The Balaban J connectivity index is 1.54. The highest BCUT2D eigenvalue weighted by molar-refractivity contribution is 5.96. The van der Waals surface area contributed by atoms with Crippen molar-refractivity contribution in [3.63, 3.8) is 0 Å². The zero-order valence-corrected chi connectivity index (χ0v) is 13.8. The van der Waals surface area contributed by atoms with Crippen molar-refractivity contribution in [2.75, 3.05) is 0 Å². The molecule has 0 aromatic rings. The molecule has 120 valence electrons. The molecule has 0 aromatic carbocycles. The molecular weight excluding hydrogens is 272 g/mol. The summed E-state index contributed by atoms with van der Waals surface area (Å²) >= 11 is 0. The van der Waals surface area contributed by atoms with Crippen LogP contribution in [0, 0.1) is 40.4 Å². The van der Waals surface area contributed by atoms with E-state index in [1.54, 1.807) is 0 Å². The molecule has 0 radical (unpaired) electrons. The van der Waals surface area contributed by atoms with Crippen molar-refractivity contribution < 1.29 is 9.90 Å². The number of allylic oxidation sites excluding steroid dienone is 1. The van der Waals surface area contributed by atoms with Gasteiger partial charge in [-0.15, -0.1) is 0 Å². The van der Waals surface area contributed by atoms with Gasteiger partial charge in [0.2, 0.25) is 0 Å². The van der Waals surface area contributed by atoms with E-state index in [0.717, 1.165) is 37.0 Å². The maximum absolute atomic E-state index is 12.2. The predicted molar refractivity (Wildman–Crippen MR) is 85.1 cm³/mol. The van der Waals surface area contributed by atoms with Crippen molar-refractivity contribution in [1.29, 1.82) is 0 Å². The van der Waals surface area contributed by atoms with Gasteiger partial charge in [-0.2, -0.15) is 0 Å². The summed E-state index contributed by atoms with van der Waals surface area (Å²) in [5.41, 5.74) is 1.96. The molecule has 0 heterocycles. The van der Waals surface area contributed by atoms with Crippen LogP contribution in [-0.2, 0) is 4.79 Å². The van der Waals surface area contributed by atoms with Crippen LogP contribution in [0.25, 0.3) is 0 Å². The minimum absolute atomic E-state index is 0.0789. The van der Waals surface area contributed by atoms with Crippen molar-refractivity contribution in [1.82, 2.24) is 0 Å². The molecular formula is C20H28O2. The average Bonchev–Trinajstić information content (AvgIpc) is 3.24. The van der Waals surface area contributed by atoms with E-state index >= 15 is 0 Å². The Morgan fingerprint density at radius 3 is 2.73 bits per heavy atom. The van der Waals surface area contributed by atoms with E-state index in [9.17, 15) is 9.90 Å². The van der Waals surface area contributed by atoms with E-state index < -0.39 is 0 Å². The molecule has 5 aliphatic rings. The smallest absolute Gasteiger partial charge is 0.159 e. The van der Waals surface area contributed by atoms with Crippen LogP contribution in [0.5, 0.6) is 0 Å². The number of rotatable bonds is 0. The van der Waals surface area contributed by atoms with Gasteiger partial charge in [0, 0.05) is 5.92 Å². The van der Waals surface area contributed by atoms with Crippen LogP contribution in [-0.4, -0.2) is 17.0 Å². The molecule has 5 aliphatic carbocycles. The first-order chi connectivity index (χ1) is 10.5. The Kier molecular flexibility index (Phi) is 2.54. The summed E-state index contributed by atoms with van der Waals surface area (Å²) in [7, 11) is 0. The van der Waals surface area contributed by atoms with E-state index in [4.69, 9.17) is 0 Å². The molecule has 1 N–H and O–H groups in total. The van der Waals surface area contributed by atoms with Gasteiger partial charge >= 0.3 is 0 Å². The molecule has 4 saturated carbocycles. The molecule has 0 saturated heterocycles. The van der Waals surface area contributed by atoms with Crippen LogP contribution < -0.4 is 0 Å². The topological polar surface area (TPSA) is 37.3 Å². The van der Waals surface area contributed by atoms with Gasteiger partial charge in [-0.05, 0) is 85.5 Å². The molecule has 0 spiro atoms. The highest BCUT2D eigenvalue weighted by Gasteiger charge is 2.65. The summed E-state index contributed by atoms with van der Waals surface area (Å²) in [5.74, 6) is 3.69. The van der Waals surface area contributed by atoms with Crippen LogP contribution in [0.3, 0.4) is 0 Å². The minimum Gasteiger partial charge on any atom is -0.393 e. The Bertz CT molecular complexity index is 578. The van der Waals surface area contributed by atoms with Crippen molar-refractivity contribution in [3.8, 4) is 0 Å². The van der Waals surface area contributed by atoms with Crippen molar-refractivity contribution in [3.05, 3.63) is 11.6 Å². The Labute approximate surface area is 133 Å². The van der Waals surface area contributed by atoms with E-state index in [-0.39, 0.29) is 11.5 Å². The molecule has 2 nitrogen and oxygen atoms in total. The molecule has 0 aromatic heterocycles. The third-order valence-corrected chi connectivity index (χ3v) is 8.84. The van der Waals surface area contributed by atoms with Gasteiger partial charge in [0.15, 0.2) is 5.78 Å². The van der Waals surface area contributed by atoms with E-state index in [2.05, 4.69) is 13.8 Å². The molecule has 4 fully saturated rings. The Morgan fingerprint density at radius 2 is 1.91 bits per heavy atom. The fourth-order valence-corrected chi connectivity index (χ4v) is 7.43. The Hall–Kier alpha value is -0.630. The lowest BCUT2D eigenvalue weighted by atomic mass is 9.47. The SMILES string of the molecule is C[C@]12CC[C@H]3[C@@H](CCC4=CC(=O)[C@@H]5C[C@@H]5[C@@]43C)[C@@H]1CC[C@@H]2O. The standard InChI is InChI=1S/C20H28O2/c1-19-8-7-15-12(14(19)5-6-18(19)22)4-3-11-9-17(21)13-10-16(13)20(11,15)2/h9,12-16,18,22H,3-8,10H2,1-2H3/t12-,13+,14-,15-,16-,18-,19-,20-/m0/s1. The number of aliphatic hydroxyl groups excluding tert-OH is 1. The maximum Gasteiger partial charge on any atom is 0.159 e. The minimum atomic E-state index is -0.0789. The van der Waals surface area contributed by atoms with Crippen LogP contribution in [0.4, 0.5) is 0 Å². The largest absolute Gasteiger partial charge is 0.393 e. The first kappa shape index (κ1) is 13.8. The summed E-state index contributed by atoms with van der Waals surface area (Å²) in [6.45, 7) is 4.84. The zero-order chi connectivity index (χ0) is 15.3. The summed E-state index contributed by atoms with van der Waals surface area (Å²) in [6, 6.07) is 0. The van der Waals surface area contributed by atoms with Crippen LogP contribution in [0.1, 0.15) is 58.8 Å². The van der Waals surface area contributed by atoms with Crippen molar-refractivity contribution >= 4 is 5.78 Å². The third-order valence-electron chi connectivity index (χ3n) is 8.84. The van der Waals surface area contributed by atoms with Gasteiger partial charge in [-0.25, -0.2) is 0 Å². The van der Waals surface area contributed by atoms with Gasteiger partial charge in [-0.1, -0.05) is 19.4 Å². The Morgan fingerprint density at radius 1 is 1.09 bits per heavy atom. The number of hydrogen-bond acceptors (Lipinski definition) is 2. The van der Waals surface area contributed by atoms with Crippen molar-refractivity contribution in [2.24, 2.45) is 40.4 Å². The summed E-state index contributed by atoms with van der Waals surface area (Å²) < 4.78 is 0. The molecule has 22 heavy (non-hydrogen) atoms. The number of ketones is 1. The molecule has 5 rings (SSSR count). The fourth-order valence-electron chi connectivity index (χ4n) is 7.43. The lowest BCUT2D eigenvalue weighted by molar-refractivity contribution is -0.119. The van der Waals surface area contributed by atoms with Crippen LogP contribution in [0.2, 0.25) is 0 Å². The van der Waals surface area contributed by atoms with Crippen LogP contribution in [0.15, 0.2) is 11.6 Å². The zero-order valence-electron chi connectivity index (χ0n) is 13.8. The highest BCUT2D eigenvalue weighted by Crippen LogP contribution is 2.70. The van der Waals surface area contributed by atoms with Gasteiger partial charge in [0.25, 0.3) is 0 Å². The third kappa shape index (κ3) is 1.44. The van der Waals surface area contributed by atoms with E-state index in [1.165, 1.54) is 31.3 Å². The molecule has 0 unspecified atom stereocenters. The first-order valence-corrected chi connectivity index (χ1v) is 9.39. The summed E-state index contributed by atoms with van der Waals surface area (Å²) in [6.07, 6.45) is 10.2. The second kappa shape index (κ2) is 4.06. The monoisotopic (exact) mass is 300 g/mol. The quantitative estimate of drug-likeness (QED) is 0.740. The summed E-state index contributed by atoms with van der Waals surface area (Å²) in [5, 5.41) is 10.5. The molecule has 2 heteroatoms. The van der Waals surface area contributed by atoms with Gasteiger partial charge in [0.05, 0.1) is 6.10 Å². The lowest BCUT2D eigenvalue weighted by Crippen LogP contribution is -2.52. The average molecular weight is 300 g/mol. The molecule has 0 amide bonds. The molecule has 8 atom stereocenters. The van der Waals surface area contributed by atoms with Crippen molar-refractivity contribution in [2.45, 2.75) is 64.9 Å². The van der Waals surface area contributed by atoms with Gasteiger partial charge < -0.3 is 5.11 Å². The number of carbonyl (C=O) groups is 1. The number of hydrogen-bond donors (Lipinski definition) is 1. The van der Waals surface area contributed by atoms with E-state index in [1.807, 2.05) is 6.08 Å².